The van der Waals surface area contributed by atoms with Crippen molar-refractivity contribution in [3.8, 4) is 0 Å². The van der Waals surface area contributed by atoms with Crippen molar-refractivity contribution in [1.29, 1.82) is 0 Å². The van der Waals surface area contributed by atoms with Gasteiger partial charge in [-0.25, -0.2) is 9.97 Å². The van der Waals surface area contributed by atoms with Crippen molar-refractivity contribution in [2.75, 3.05) is 37.8 Å². The Hall–Kier alpha value is -1.85. The molecule has 118 valence electrons. The molecule has 6 heteroatoms. The molecule has 1 aromatic heterocycles. The molecule has 0 aliphatic heterocycles. The molecule has 2 N–H and O–H groups in total. The van der Waals surface area contributed by atoms with Crippen LogP contribution in [0.3, 0.4) is 0 Å². The van der Waals surface area contributed by atoms with Crippen LogP contribution in [0.25, 0.3) is 0 Å². The fourth-order valence-corrected chi connectivity index (χ4v) is 1.67. The number of aromatic nitrogens is 2. The van der Waals surface area contributed by atoms with Gasteiger partial charge >= 0.3 is 0 Å². The van der Waals surface area contributed by atoms with Crippen molar-refractivity contribution in [2.45, 2.75) is 39.5 Å². The van der Waals surface area contributed by atoms with Gasteiger partial charge in [0, 0.05) is 45.1 Å². The molecule has 0 unspecified atom stereocenters. The molecule has 0 aromatic carbocycles. The highest BCUT2D eigenvalue weighted by Crippen LogP contribution is 2.22. The maximum absolute atomic E-state index is 11.6. The van der Waals surface area contributed by atoms with Crippen LogP contribution in [0.15, 0.2) is 6.07 Å². The third-order valence-corrected chi connectivity index (χ3v) is 2.90. The number of anilines is 2. The number of hydrogen-bond donors (Lipinski definition) is 2. The number of carbonyl (C=O) groups excluding carboxylic acids is 1. The molecule has 1 aromatic rings. The van der Waals surface area contributed by atoms with E-state index < -0.39 is 0 Å². The second kappa shape index (κ2) is 7.24. The molecule has 0 saturated carbocycles. The maximum Gasteiger partial charge on any atom is 0.223 e. The molecule has 6 nitrogen and oxygen atoms in total. The standard InChI is InChI=1S/C15H27N5O/c1-7-16-11-10-12(17-9-8-13(21)20(5)6)19-14(18-11)15(2,3)4/h10H,7-9H2,1-6H3,(H2,16,17,18,19). The monoisotopic (exact) mass is 293 g/mol. The van der Waals surface area contributed by atoms with E-state index >= 15 is 0 Å². The molecule has 1 heterocycles. The lowest BCUT2D eigenvalue weighted by molar-refractivity contribution is -0.128. The van der Waals surface area contributed by atoms with Crippen molar-refractivity contribution in [3.63, 3.8) is 0 Å². The SMILES string of the molecule is CCNc1cc(NCCC(=O)N(C)C)nc(C(C)(C)C)n1. The minimum Gasteiger partial charge on any atom is -0.370 e. The molecule has 0 saturated heterocycles. The number of rotatable bonds is 6. The lowest BCUT2D eigenvalue weighted by atomic mass is 9.96. The normalized spacial score (nSPS) is 11.1. The summed E-state index contributed by atoms with van der Waals surface area (Å²) >= 11 is 0. The highest BCUT2D eigenvalue weighted by Gasteiger charge is 2.19. The van der Waals surface area contributed by atoms with Crippen LogP contribution < -0.4 is 10.6 Å². The van der Waals surface area contributed by atoms with Gasteiger partial charge in [-0.1, -0.05) is 20.8 Å². The van der Waals surface area contributed by atoms with Gasteiger partial charge in [-0.15, -0.1) is 0 Å². The smallest absolute Gasteiger partial charge is 0.223 e. The lowest BCUT2D eigenvalue weighted by Crippen LogP contribution is -2.24. The van der Waals surface area contributed by atoms with Crippen LogP contribution in [0.1, 0.15) is 39.9 Å². The first kappa shape index (κ1) is 17.2. The van der Waals surface area contributed by atoms with E-state index in [4.69, 9.17) is 0 Å². The summed E-state index contributed by atoms with van der Waals surface area (Å²) in [7, 11) is 3.52. The Labute approximate surface area is 127 Å². The minimum absolute atomic E-state index is 0.0968. The maximum atomic E-state index is 11.6. The lowest BCUT2D eigenvalue weighted by Gasteiger charge is -2.19. The van der Waals surface area contributed by atoms with Crippen LogP contribution in [0, 0.1) is 0 Å². The van der Waals surface area contributed by atoms with Gasteiger partial charge in [0.25, 0.3) is 0 Å². The number of amides is 1. The summed E-state index contributed by atoms with van der Waals surface area (Å²) in [6.07, 6.45) is 0.443. The van der Waals surface area contributed by atoms with Gasteiger partial charge in [0.2, 0.25) is 5.91 Å². The van der Waals surface area contributed by atoms with E-state index in [0.717, 1.165) is 24.0 Å². The Kier molecular flexibility index (Phi) is 5.93. The van der Waals surface area contributed by atoms with Crippen LogP contribution in [0.5, 0.6) is 0 Å². The topological polar surface area (TPSA) is 70.2 Å². The molecule has 0 bridgehead atoms. The number of hydrogen-bond acceptors (Lipinski definition) is 5. The van der Waals surface area contributed by atoms with Crippen molar-refractivity contribution in [3.05, 3.63) is 11.9 Å². The molecular formula is C15H27N5O. The molecule has 1 rings (SSSR count). The molecule has 21 heavy (non-hydrogen) atoms. The molecule has 0 aliphatic carbocycles. The third kappa shape index (κ3) is 5.57. The summed E-state index contributed by atoms with van der Waals surface area (Å²) in [4.78, 5) is 22.2. The number of nitrogens with one attached hydrogen (secondary N) is 2. The number of carbonyl (C=O) groups is 1. The molecule has 0 radical (unpaired) electrons. The summed E-state index contributed by atoms with van der Waals surface area (Å²) in [5.41, 5.74) is -0.124. The minimum atomic E-state index is -0.124. The fourth-order valence-electron chi connectivity index (χ4n) is 1.67. The molecule has 0 spiro atoms. The van der Waals surface area contributed by atoms with Crippen LogP contribution in [-0.4, -0.2) is 48.0 Å². The molecule has 0 atom stereocenters. The first-order valence-corrected chi connectivity index (χ1v) is 7.31. The van der Waals surface area contributed by atoms with Crippen molar-refractivity contribution < 1.29 is 4.79 Å². The second-order valence-electron chi connectivity index (χ2n) is 6.21. The van der Waals surface area contributed by atoms with E-state index in [1.807, 2.05) is 13.0 Å². The first-order valence-electron chi connectivity index (χ1n) is 7.31. The van der Waals surface area contributed by atoms with Gasteiger partial charge in [0.1, 0.15) is 17.5 Å². The van der Waals surface area contributed by atoms with Crippen molar-refractivity contribution >= 4 is 17.5 Å². The zero-order valence-corrected chi connectivity index (χ0v) is 13.9. The zero-order valence-electron chi connectivity index (χ0n) is 13.9. The van der Waals surface area contributed by atoms with E-state index in [9.17, 15) is 4.79 Å². The molecule has 0 aliphatic rings. The van der Waals surface area contributed by atoms with E-state index in [1.54, 1.807) is 19.0 Å². The Balaban J connectivity index is 2.81. The van der Waals surface area contributed by atoms with E-state index in [0.29, 0.717) is 13.0 Å². The second-order valence-corrected chi connectivity index (χ2v) is 6.21. The average molecular weight is 293 g/mol. The summed E-state index contributed by atoms with van der Waals surface area (Å²) < 4.78 is 0. The molecular weight excluding hydrogens is 266 g/mol. The van der Waals surface area contributed by atoms with Gasteiger partial charge in [-0.3, -0.25) is 4.79 Å². The summed E-state index contributed by atoms with van der Waals surface area (Å²) in [5.74, 6) is 2.43. The molecule has 1 amide bonds. The largest absolute Gasteiger partial charge is 0.370 e. The Morgan fingerprint density at radius 2 is 1.76 bits per heavy atom. The van der Waals surface area contributed by atoms with Crippen molar-refractivity contribution in [1.82, 2.24) is 14.9 Å². The predicted octanol–water partition coefficient (Wildman–Crippen LogP) is 2.10. The Bertz CT molecular complexity index is 479. The van der Waals surface area contributed by atoms with E-state index in [1.165, 1.54) is 0 Å². The van der Waals surface area contributed by atoms with Gasteiger partial charge in [0.05, 0.1) is 0 Å². The van der Waals surface area contributed by atoms with Crippen LogP contribution >= 0.6 is 0 Å². The van der Waals surface area contributed by atoms with Crippen LogP contribution in [-0.2, 0) is 10.2 Å². The zero-order chi connectivity index (χ0) is 16.0. The Morgan fingerprint density at radius 1 is 1.19 bits per heavy atom. The summed E-state index contributed by atoms with van der Waals surface area (Å²) in [5, 5.41) is 6.41. The summed E-state index contributed by atoms with van der Waals surface area (Å²) in [6, 6.07) is 1.87. The fraction of sp³-hybridized carbons (Fsp3) is 0.667. The first-order chi connectivity index (χ1) is 9.74. The van der Waals surface area contributed by atoms with Gasteiger partial charge in [-0.2, -0.15) is 0 Å². The Morgan fingerprint density at radius 3 is 2.24 bits per heavy atom. The van der Waals surface area contributed by atoms with Gasteiger partial charge in [-0.05, 0) is 6.92 Å². The highest BCUT2D eigenvalue weighted by molar-refractivity contribution is 5.76. The number of nitrogens with zero attached hydrogens (tertiary/aromatic N) is 3. The third-order valence-electron chi connectivity index (χ3n) is 2.90. The molecule has 0 fully saturated rings. The quantitative estimate of drug-likeness (QED) is 0.840. The highest BCUT2D eigenvalue weighted by atomic mass is 16.2. The van der Waals surface area contributed by atoms with E-state index in [-0.39, 0.29) is 11.3 Å². The van der Waals surface area contributed by atoms with Crippen LogP contribution in [0.2, 0.25) is 0 Å². The summed E-state index contributed by atoms with van der Waals surface area (Å²) in [6.45, 7) is 9.64. The van der Waals surface area contributed by atoms with Crippen molar-refractivity contribution in [2.24, 2.45) is 0 Å². The predicted molar refractivity (Wildman–Crippen MR) is 86.7 cm³/mol. The van der Waals surface area contributed by atoms with E-state index in [2.05, 4.69) is 41.4 Å². The van der Waals surface area contributed by atoms with Gasteiger partial charge < -0.3 is 15.5 Å². The average Bonchev–Trinajstić information content (AvgIpc) is 2.37. The van der Waals surface area contributed by atoms with Crippen LogP contribution in [0.4, 0.5) is 11.6 Å². The van der Waals surface area contributed by atoms with Gasteiger partial charge in [0.15, 0.2) is 0 Å².